The van der Waals surface area contributed by atoms with Gasteiger partial charge >= 0.3 is 0 Å². The number of hydrogen-bond acceptors (Lipinski definition) is 3. The highest BCUT2D eigenvalue weighted by Gasteiger charge is 2.33. The van der Waals surface area contributed by atoms with Crippen molar-refractivity contribution in [2.24, 2.45) is 11.1 Å². The van der Waals surface area contributed by atoms with Gasteiger partial charge in [-0.05, 0) is 44.2 Å². The Hall–Kier alpha value is -0.610. The first kappa shape index (κ1) is 13.8. The maximum absolute atomic E-state index is 12.0. The van der Waals surface area contributed by atoms with Crippen molar-refractivity contribution in [2.45, 2.75) is 57.4 Å². The SMILES string of the molecule is NCC1(CC(=O)NCC2CCCN2)CCCCC1. The van der Waals surface area contributed by atoms with Gasteiger partial charge in [-0.3, -0.25) is 4.79 Å². The van der Waals surface area contributed by atoms with E-state index in [1.54, 1.807) is 0 Å². The topological polar surface area (TPSA) is 67.2 Å². The monoisotopic (exact) mass is 253 g/mol. The molecule has 1 unspecified atom stereocenters. The van der Waals surface area contributed by atoms with Crippen molar-refractivity contribution >= 4 is 5.91 Å². The molecule has 0 aromatic carbocycles. The molecule has 0 aromatic rings. The molecule has 0 bridgehead atoms. The molecule has 1 saturated carbocycles. The normalized spacial score (nSPS) is 27.1. The number of rotatable bonds is 5. The maximum Gasteiger partial charge on any atom is 0.220 e. The molecule has 1 saturated heterocycles. The number of carbonyl (C=O) groups is 1. The van der Waals surface area contributed by atoms with E-state index >= 15 is 0 Å². The van der Waals surface area contributed by atoms with Gasteiger partial charge in [-0.25, -0.2) is 0 Å². The van der Waals surface area contributed by atoms with Crippen LogP contribution in [0.25, 0.3) is 0 Å². The van der Waals surface area contributed by atoms with Crippen LogP contribution < -0.4 is 16.4 Å². The van der Waals surface area contributed by atoms with Crippen LogP contribution in [-0.2, 0) is 4.79 Å². The minimum atomic E-state index is 0.0887. The van der Waals surface area contributed by atoms with Crippen molar-refractivity contribution in [3.8, 4) is 0 Å². The van der Waals surface area contributed by atoms with Crippen molar-refractivity contribution < 1.29 is 4.79 Å². The molecule has 4 nitrogen and oxygen atoms in total. The largest absolute Gasteiger partial charge is 0.355 e. The first-order chi connectivity index (χ1) is 8.74. The molecular formula is C14H27N3O. The fourth-order valence-electron chi connectivity index (χ4n) is 3.33. The van der Waals surface area contributed by atoms with Crippen LogP contribution in [0, 0.1) is 5.41 Å². The van der Waals surface area contributed by atoms with Crippen molar-refractivity contribution in [3.05, 3.63) is 0 Å². The van der Waals surface area contributed by atoms with Crippen LogP contribution in [0.4, 0.5) is 0 Å². The average Bonchev–Trinajstić information content (AvgIpc) is 2.91. The zero-order chi connectivity index (χ0) is 12.8. The van der Waals surface area contributed by atoms with Gasteiger partial charge in [0.05, 0.1) is 0 Å². The summed E-state index contributed by atoms with van der Waals surface area (Å²) in [5.74, 6) is 0.191. The molecule has 0 radical (unpaired) electrons. The molecule has 4 N–H and O–H groups in total. The van der Waals surface area contributed by atoms with E-state index in [-0.39, 0.29) is 11.3 Å². The van der Waals surface area contributed by atoms with Crippen molar-refractivity contribution in [2.75, 3.05) is 19.6 Å². The Morgan fingerprint density at radius 1 is 1.28 bits per heavy atom. The van der Waals surface area contributed by atoms with E-state index in [1.807, 2.05) is 0 Å². The van der Waals surface area contributed by atoms with Crippen LogP contribution in [-0.4, -0.2) is 31.6 Å². The first-order valence-electron chi connectivity index (χ1n) is 7.44. The number of amides is 1. The minimum Gasteiger partial charge on any atom is -0.355 e. The molecule has 2 rings (SSSR count). The van der Waals surface area contributed by atoms with E-state index in [0.29, 0.717) is 19.0 Å². The summed E-state index contributed by atoms with van der Waals surface area (Å²) in [7, 11) is 0. The highest BCUT2D eigenvalue weighted by atomic mass is 16.1. The second-order valence-corrected chi connectivity index (χ2v) is 6.04. The molecule has 2 fully saturated rings. The third kappa shape index (κ3) is 3.69. The smallest absolute Gasteiger partial charge is 0.220 e. The zero-order valence-electron chi connectivity index (χ0n) is 11.3. The van der Waals surface area contributed by atoms with Gasteiger partial charge in [-0.15, -0.1) is 0 Å². The molecule has 1 amide bonds. The highest BCUT2D eigenvalue weighted by molar-refractivity contribution is 5.76. The van der Waals surface area contributed by atoms with E-state index in [1.165, 1.54) is 32.1 Å². The van der Waals surface area contributed by atoms with Gasteiger partial charge in [0, 0.05) is 19.0 Å². The lowest BCUT2D eigenvalue weighted by atomic mass is 9.71. The minimum absolute atomic E-state index is 0.0887. The van der Waals surface area contributed by atoms with E-state index in [4.69, 9.17) is 5.73 Å². The molecule has 104 valence electrons. The fourth-order valence-corrected chi connectivity index (χ4v) is 3.33. The third-order valence-electron chi connectivity index (χ3n) is 4.59. The number of nitrogens with one attached hydrogen (secondary N) is 2. The summed E-state index contributed by atoms with van der Waals surface area (Å²) in [6, 6.07) is 0.481. The lowest BCUT2D eigenvalue weighted by molar-refractivity contribution is -0.123. The molecule has 4 heteroatoms. The summed E-state index contributed by atoms with van der Waals surface area (Å²) in [5.41, 5.74) is 6.00. The summed E-state index contributed by atoms with van der Waals surface area (Å²) in [5, 5.41) is 6.47. The van der Waals surface area contributed by atoms with Gasteiger partial charge in [-0.2, -0.15) is 0 Å². The molecule has 1 aliphatic heterocycles. The van der Waals surface area contributed by atoms with Gasteiger partial charge in [-0.1, -0.05) is 19.3 Å². The molecule has 18 heavy (non-hydrogen) atoms. The van der Waals surface area contributed by atoms with Crippen LogP contribution >= 0.6 is 0 Å². The third-order valence-corrected chi connectivity index (χ3v) is 4.59. The van der Waals surface area contributed by atoms with E-state index in [9.17, 15) is 4.79 Å². The predicted molar refractivity (Wildman–Crippen MR) is 73.2 cm³/mol. The Labute approximate surface area is 110 Å². The van der Waals surface area contributed by atoms with E-state index < -0.39 is 0 Å². The average molecular weight is 253 g/mol. The maximum atomic E-state index is 12.0. The molecule has 2 aliphatic rings. The van der Waals surface area contributed by atoms with E-state index in [2.05, 4.69) is 10.6 Å². The zero-order valence-corrected chi connectivity index (χ0v) is 11.3. The summed E-state index contributed by atoms with van der Waals surface area (Å²) in [6.07, 6.45) is 9.04. The van der Waals surface area contributed by atoms with Crippen molar-refractivity contribution in [1.29, 1.82) is 0 Å². The lowest BCUT2D eigenvalue weighted by Crippen LogP contribution is -2.42. The van der Waals surface area contributed by atoms with Crippen molar-refractivity contribution in [3.63, 3.8) is 0 Å². The number of nitrogens with two attached hydrogens (primary N) is 1. The molecule has 0 spiro atoms. The quantitative estimate of drug-likeness (QED) is 0.688. The van der Waals surface area contributed by atoms with Gasteiger partial charge in [0.2, 0.25) is 5.91 Å². The molecule has 0 aromatic heterocycles. The van der Waals surface area contributed by atoms with Crippen LogP contribution in [0.1, 0.15) is 51.4 Å². The number of carbonyl (C=O) groups excluding carboxylic acids is 1. The van der Waals surface area contributed by atoms with Crippen LogP contribution in [0.2, 0.25) is 0 Å². The second-order valence-electron chi connectivity index (χ2n) is 6.04. The van der Waals surface area contributed by atoms with Crippen molar-refractivity contribution in [1.82, 2.24) is 10.6 Å². The Kier molecular flexibility index (Phi) is 5.01. The summed E-state index contributed by atoms with van der Waals surface area (Å²) < 4.78 is 0. The lowest BCUT2D eigenvalue weighted by Gasteiger charge is -2.35. The fraction of sp³-hybridized carbons (Fsp3) is 0.929. The predicted octanol–water partition coefficient (Wildman–Crippen LogP) is 1.15. The molecular weight excluding hydrogens is 226 g/mol. The summed E-state index contributed by atoms with van der Waals surface area (Å²) in [4.78, 5) is 12.0. The van der Waals surface area contributed by atoms with Gasteiger partial charge in [0.1, 0.15) is 0 Å². The van der Waals surface area contributed by atoms with Gasteiger partial charge < -0.3 is 16.4 Å². The summed E-state index contributed by atoms with van der Waals surface area (Å²) >= 11 is 0. The highest BCUT2D eigenvalue weighted by Crippen LogP contribution is 2.38. The summed E-state index contributed by atoms with van der Waals surface area (Å²) in [6.45, 7) is 2.52. The van der Waals surface area contributed by atoms with Crippen LogP contribution in [0.3, 0.4) is 0 Å². The first-order valence-corrected chi connectivity index (χ1v) is 7.44. The van der Waals surface area contributed by atoms with Crippen LogP contribution in [0.15, 0.2) is 0 Å². The Morgan fingerprint density at radius 2 is 2.06 bits per heavy atom. The Bertz CT molecular complexity index is 268. The molecule has 1 aliphatic carbocycles. The van der Waals surface area contributed by atoms with Crippen LogP contribution in [0.5, 0.6) is 0 Å². The second kappa shape index (κ2) is 6.53. The molecule has 1 heterocycles. The van der Waals surface area contributed by atoms with Gasteiger partial charge in [0.25, 0.3) is 0 Å². The molecule has 1 atom stereocenters. The standard InChI is InChI=1S/C14H27N3O/c15-11-14(6-2-1-3-7-14)9-13(18)17-10-12-5-4-8-16-12/h12,16H,1-11,15H2,(H,17,18). The number of hydrogen-bond donors (Lipinski definition) is 3. The van der Waals surface area contributed by atoms with E-state index in [0.717, 1.165) is 25.9 Å². The Balaban J connectivity index is 1.74. The van der Waals surface area contributed by atoms with Gasteiger partial charge in [0.15, 0.2) is 0 Å². The Morgan fingerprint density at radius 3 is 2.67 bits per heavy atom.